The van der Waals surface area contributed by atoms with Gasteiger partial charge in [-0.1, -0.05) is 0 Å². The van der Waals surface area contributed by atoms with Crippen molar-refractivity contribution in [1.29, 1.82) is 0 Å². The quantitative estimate of drug-likeness (QED) is 0.890. The van der Waals surface area contributed by atoms with Gasteiger partial charge in [0.05, 0.1) is 12.2 Å². The topological polar surface area (TPSA) is 61.4 Å². The molecule has 3 aliphatic rings. The van der Waals surface area contributed by atoms with Crippen LogP contribution < -0.4 is 10.2 Å². The Hall–Kier alpha value is -1.85. The molecule has 1 amide bonds. The Morgan fingerprint density at radius 3 is 2.64 bits per heavy atom. The van der Waals surface area contributed by atoms with E-state index in [4.69, 9.17) is 9.97 Å². The van der Waals surface area contributed by atoms with Gasteiger partial charge in [-0.15, -0.1) is 0 Å². The van der Waals surface area contributed by atoms with Gasteiger partial charge in [-0.3, -0.25) is 4.79 Å². The summed E-state index contributed by atoms with van der Waals surface area (Å²) in [5.41, 5.74) is 2.24. The molecule has 1 N–H and O–H groups in total. The van der Waals surface area contributed by atoms with Gasteiger partial charge >= 0.3 is 0 Å². The highest BCUT2D eigenvalue weighted by Gasteiger charge is 2.31. The van der Waals surface area contributed by atoms with E-state index in [0.717, 1.165) is 55.5 Å². The molecule has 1 aromatic rings. The number of anilines is 2. The van der Waals surface area contributed by atoms with Crippen molar-refractivity contribution in [3.05, 3.63) is 11.3 Å². The van der Waals surface area contributed by atoms with Crippen LogP contribution in [0.3, 0.4) is 0 Å². The van der Waals surface area contributed by atoms with E-state index in [1.54, 1.807) is 0 Å². The zero-order valence-corrected chi connectivity index (χ0v) is 15.4. The summed E-state index contributed by atoms with van der Waals surface area (Å²) >= 11 is 0. The lowest BCUT2D eigenvalue weighted by Crippen LogP contribution is -2.37. The number of hydrogen-bond donors (Lipinski definition) is 1. The third kappa shape index (κ3) is 3.72. The van der Waals surface area contributed by atoms with Gasteiger partial charge in [-0.25, -0.2) is 4.98 Å². The number of nitrogens with zero attached hydrogens (tertiary/aromatic N) is 4. The predicted molar refractivity (Wildman–Crippen MR) is 98.7 cm³/mol. The minimum Gasteiger partial charge on any atom is -0.367 e. The van der Waals surface area contributed by atoms with Gasteiger partial charge in [0.25, 0.3) is 0 Å². The third-order valence-corrected chi connectivity index (χ3v) is 5.38. The molecule has 0 bridgehead atoms. The van der Waals surface area contributed by atoms with Crippen LogP contribution in [-0.4, -0.2) is 46.5 Å². The Morgan fingerprint density at radius 1 is 1.20 bits per heavy atom. The number of amides is 1. The van der Waals surface area contributed by atoms with Crippen LogP contribution in [0.4, 0.5) is 11.8 Å². The zero-order chi connectivity index (χ0) is 17.4. The first kappa shape index (κ1) is 16.6. The summed E-state index contributed by atoms with van der Waals surface area (Å²) in [5.74, 6) is 2.71. The minimum absolute atomic E-state index is 0.298. The summed E-state index contributed by atoms with van der Waals surface area (Å²) in [7, 11) is 0. The molecule has 1 aliphatic carbocycles. The van der Waals surface area contributed by atoms with E-state index in [0.29, 0.717) is 24.4 Å². The summed E-state index contributed by atoms with van der Waals surface area (Å²) in [6.07, 6.45) is 6.43. The molecule has 2 aliphatic heterocycles. The highest BCUT2D eigenvalue weighted by atomic mass is 16.2. The monoisotopic (exact) mass is 343 g/mol. The number of fused-ring (bicyclic) bond motifs is 1. The molecule has 1 aromatic heterocycles. The number of hydrogen-bond acceptors (Lipinski definition) is 5. The van der Waals surface area contributed by atoms with Crippen LogP contribution in [0.5, 0.6) is 0 Å². The van der Waals surface area contributed by atoms with E-state index in [-0.39, 0.29) is 0 Å². The minimum atomic E-state index is 0.298. The average Bonchev–Trinajstić information content (AvgIpc) is 3.23. The van der Waals surface area contributed by atoms with Crippen LogP contribution in [-0.2, 0) is 17.8 Å². The van der Waals surface area contributed by atoms with Crippen LogP contribution in [0, 0.1) is 5.92 Å². The smallest absolute Gasteiger partial charge is 0.227 e. The van der Waals surface area contributed by atoms with Gasteiger partial charge in [-0.2, -0.15) is 4.98 Å². The fourth-order valence-corrected chi connectivity index (χ4v) is 3.76. The van der Waals surface area contributed by atoms with E-state index in [2.05, 4.69) is 24.1 Å². The normalized spacial score (nSPS) is 20.1. The first-order valence-corrected chi connectivity index (χ1v) is 9.79. The number of rotatable bonds is 5. The number of carbonyl (C=O) groups is 1. The third-order valence-electron chi connectivity index (χ3n) is 5.38. The fourth-order valence-electron chi connectivity index (χ4n) is 3.76. The zero-order valence-electron chi connectivity index (χ0n) is 15.4. The highest BCUT2D eigenvalue weighted by molar-refractivity contribution is 5.77. The van der Waals surface area contributed by atoms with Gasteiger partial charge in [-0.05, 0) is 45.4 Å². The molecule has 0 spiro atoms. The molecule has 25 heavy (non-hydrogen) atoms. The summed E-state index contributed by atoms with van der Waals surface area (Å²) in [4.78, 5) is 26.5. The van der Waals surface area contributed by atoms with E-state index in [9.17, 15) is 4.79 Å². The Balaban J connectivity index is 1.59. The molecule has 136 valence electrons. The Labute approximate surface area is 150 Å². The van der Waals surface area contributed by atoms with Gasteiger partial charge < -0.3 is 15.1 Å². The molecular formula is C19H29N5O. The van der Waals surface area contributed by atoms with Gasteiger partial charge in [0.1, 0.15) is 5.82 Å². The summed E-state index contributed by atoms with van der Waals surface area (Å²) < 4.78 is 0. The molecule has 0 atom stereocenters. The molecule has 3 heterocycles. The predicted octanol–water partition coefficient (Wildman–Crippen LogP) is 2.58. The van der Waals surface area contributed by atoms with E-state index in [1.165, 1.54) is 25.7 Å². The van der Waals surface area contributed by atoms with Crippen molar-refractivity contribution < 1.29 is 4.79 Å². The molecular weight excluding hydrogens is 314 g/mol. The van der Waals surface area contributed by atoms with Gasteiger partial charge in [0.2, 0.25) is 11.9 Å². The molecule has 0 aromatic carbocycles. The maximum Gasteiger partial charge on any atom is 0.227 e. The van der Waals surface area contributed by atoms with E-state index in [1.807, 2.05) is 4.90 Å². The van der Waals surface area contributed by atoms with Crippen LogP contribution >= 0.6 is 0 Å². The standard InChI is InChI=1S/C19H29N5O/c1-13(2)20-18-15-12-24(17(25)11-14-5-6-14)10-7-16(15)21-19(22-18)23-8-3-4-9-23/h13-14H,3-12H2,1-2H3,(H,20,21,22). The highest BCUT2D eigenvalue weighted by Crippen LogP contribution is 2.34. The SMILES string of the molecule is CC(C)Nc1nc(N2CCCC2)nc2c1CN(C(=O)CC1CC1)CC2. The lowest BCUT2D eigenvalue weighted by Gasteiger charge is -2.31. The van der Waals surface area contributed by atoms with Crippen molar-refractivity contribution in [2.75, 3.05) is 29.9 Å². The summed E-state index contributed by atoms with van der Waals surface area (Å²) in [6.45, 7) is 7.79. The maximum absolute atomic E-state index is 12.5. The summed E-state index contributed by atoms with van der Waals surface area (Å²) in [5, 5.41) is 3.49. The Morgan fingerprint density at radius 2 is 1.96 bits per heavy atom. The number of aromatic nitrogens is 2. The lowest BCUT2D eigenvalue weighted by atomic mass is 10.0. The van der Waals surface area contributed by atoms with Crippen LogP contribution in [0.2, 0.25) is 0 Å². The Kier molecular flexibility index (Phi) is 4.52. The van der Waals surface area contributed by atoms with Crippen LogP contribution in [0.1, 0.15) is 57.2 Å². The first-order chi connectivity index (χ1) is 12.1. The van der Waals surface area contributed by atoms with Crippen molar-refractivity contribution in [2.24, 2.45) is 5.92 Å². The fraction of sp³-hybridized carbons (Fsp3) is 0.737. The van der Waals surface area contributed by atoms with Crippen LogP contribution in [0.15, 0.2) is 0 Å². The number of nitrogens with one attached hydrogen (secondary N) is 1. The van der Waals surface area contributed by atoms with Gasteiger partial charge in [0, 0.05) is 44.1 Å². The van der Waals surface area contributed by atoms with Crippen molar-refractivity contribution >= 4 is 17.7 Å². The second-order valence-corrected chi connectivity index (χ2v) is 8.00. The average molecular weight is 343 g/mol. The lowest BCUT2D eigenvalue weighted by molar-refractivity contribution is -0.132. The molecule has 2 fully saturated rings. The Bertz CT molecular complexity index is 649. The molecule has 1 saturated heterocycles. The molecule has 4 rings (SSSR count). The van der Waals surface area contributed by atoms with E-state index >= 15 is 0 Å². The molecule has 6 nitrogen and oxygen atoms in total. The second-order valence-electron chi connectivity index (χ2n) is 8.00. The molecule has 0 radical (unpaired) electrons. The van der Waals surface area contributed by atoms with Crippen molar-refractivity contribution in [1.82, 2.24) is 14.9 Å². The number of carbonyl (C=O) groups excluding carboxylic acids is 1. The van der Waals surface area contributed by atoms with E-state index < -0.39 is 0 Å². The molecule has 6 heteroatoms. The van der Waals surface area contributed by atoms with Gasteiger partial charge in [0.15, 0.2) is 0 Å². The largest absolute Gasteiger partial charge is 0.367 e. The van der Waals surface area contributed by atoms with Crippen LogP contribution in [0.25, 0.3) is 0 Å². The first-order valence-electron chi connectivity index (χ1n) is 9.79. The summed E-state index contributed by atoms with van der Waals surface area (Å²) in [6, 6.07) is 0.308. The maximum atomic E-state index is 12.5. The van der Waals surface area contributed by atoms with Crippen molar-refractivity contribution in [3.63, 3.8) is 0 Å². The van der Waals surface area contributed by atoms with Crippen molar-refractivity contribution in [2.45, 2.75) is 65.0 Å². The molecule has 1 saturated carbocycles. The molecule has 0 unspecified atom stereocenters. The second kappa shape index (κ2) is 6.81. The van der Waals surface area contributed by atoms with Crippen molar-refractivity contribution in [3.8, 4) is 0 Å².